The molecule has 4 atom stereocenters. The molecule has 0 fully saturated rings. The molecule has 0 aliphatic carbocycles. The molecule has 19 heteroatoms. The van der Waals surface area contributed by atoms with Crippen LogP contribution in [-0.4, -0.2) is 95.3 Å². The van der Waals surface area contributed by atoms with Crippen LogP contribution < -0.4 is 20.5 Å². The Kier molecular flexibility index (Phi) is 21.8. The summed E-state index contributed by atoms with van der Waals surface area (Å²) in [4.78, 5) is 46.3. The van der Waals surface area contributed by atoms with Gasteiger partial charge in [-0.2, -0.15) is 0 Å². The van der Waals surface area contributed by atoms with Crippen molar-refractivity contribution in [2.45, 2.75) is 63.8 Å². The molecule has 5 N–H and O–H groups in total. The SMILES string of the molecule is CCOC(=O)[C@H](O)C[C@@H](Cc1ccc(-c2cccc(Cl)c2)cc1)NC(=O)c1cc(OC)no1.CCOC(=O)[C@H](O)C[C@H](N)Cc1ccc(-c2cccc(Cl)c2)cc1.COc1cc(C(=O)Cl)on1. The second-order valence-corrected chi connectivity index (χ2v) is 15.7. The Balaban J connectivity index is 0.000000250. The number of benzene rings is 4. The first-order valence-electron chi connectivity index (χ1n) is 20.8. The van der Waals surface area contributed by atoms with Gasteiger partial charge < -0.3 is 49.3 Å². The number of hydrogen-bond acceptors (Lipinski definition) is 15. The maximum Gasteiger partial charge on any atom is 0.335 e. The number of nitrogens with zero attached hydrogens (tertiary/aromatic N) is 2. The van der Waals surface area contributed by atoms with E-state index in [9.17, 15) is 29.4 Å². The van der Waals surface area contributed by atoms with Crippen molar-refractivity contribution in [3.8, 4) is 34.0 Å². The van der Waals surface area contributed by atoms with Crippen molar-refractivity contribution in [2.24, 2.45) is 5.73 Å². The lowest BCUT2D eigenvalue weighted by Gasteiger charge is -2.21. The third-order valence-electron chi connectivity index (χ3n) is 9.50. The Morgan fingerprint density at radius 2 is 1.09 bits per heavy atom. The smallest absolute Gasteiger partial charge is 0.335 e. The average Bonchev–Trinajstić information content (AvgIpc) is 4.01. The molecule has 16 nitrogen and oxygen atoms in total. The molecule has 6 rings (SSSR count). The first kappa shape index (κ1) is 53.3. The van der Waals surface area contributed by atoms with E-state index in [1.807, 2.05) is 97.1 Å². The van der Waals surface area contributed by atoms with Crippen LogP contribution >= 0.6 is 34.8 Å². The fourth-order valence-corrected chi connectivity index (χ4v) is 6.73. The van der Waals surface area contributed by atoms with Crippen molar-refractivity contribution in [1.29, 1.82) is 0 Å². The van der Waals surface area contributed by atoms with Gasteiger partial charge in [0.2, 0.25) is 11.5 Å². The van der Waals surface area contributed by atoms with Crippen LogP contribution in [0.5, 0.6) is 11.8 Å². The van der Waals surface area contributed by atoms with Crippen molar-refractivity contribution in [3.05, 3.63) is 142 Å². The molecule has 0 aliphatic heterocycles. The molecule has 356 valence electrons. The number of ether oxygens (including phenoxy) is 4. The number of hydrogen-bond donors (Lipinski definition) is 4. The topological polar surface area (TPSA) is 236 Å². The van der Waals surface area contributed by atoms with E-state index in [1.165, 1.54) is 26.4 Å². The maximum absolute atomic E-state index is 12.6. The summed E-state index contributed by atoms with van der Waals surface area (Å²) in [7, 11) is 2.82. The molecular weight excluding hydrogens is 931 g/mol. The molecule has 0 bridgehead atoms. The molecular formula is C48H51Cl3N4O12. The predicted octanol–water partition coefficient (Wildman–Crippen LogP) is 7.91. The normalized spacial score (nSPS) is 12.4. The minimum Gasteiger partial charge on any atom is -0.479 e. The molecule has 4 aromatic carbocycles. The van der Waals surface area contributed by atoms with Crippen molar-refractivity contribution in [2.75, 3.05) is 27.4 Å². The van der Waals surface area contributed by atoms with Crippen LogP contribution in [-0.2, 0) is 31.9 Å². The monoisotopic (exact) mass is 980 g/mol. The third-order valence-corrected chi connectivity index (χ3v) is 10.2. The lowest BCUT2D eigenvalue weighted by Crippen LogP contribution is -2.40. The van der Waals surface area contributed by atoms with Crippen LogP contribution in [0.15, 0.2) is 118 Å². The molecule has 2 heterocycles. The van der Waals surface area contributed by atoms with Crippen LogP contribution in [0.25, 0.3) is 22.3 Å². The zero-order valence-corrected chi connectivity index (χ0v) is 39.3. The summed E-state index contributed by atoms with van der Waals surface area (Å²) in [5.41, 5.74) is 12.1. The summed E-state index contributed by atoms with van der Waals surface area (Å²) >= 11 is 17.1. The van der Waals surface area contributed by atoms with Gasteiger partial charge in [0.15, 0.2) is 12.2 Å². The molecule has 0 spiro atoms. The number of halogens is 3. The van der Waals surface area contributed by atoms with E-state index in [0.717, 1.165) is 33.4 Å². The van der Waals surface area contributed by atoms with Crippen molar-refractivity contribution >= 4 is 57.9 Å². The van der Waals surface area contributed by atoms with E-state index in [1.54, 1.807) is 13.8 Å². The van der Waals surface area contributed by atoms with E-state index in [2.05, 4.69) is 24.9 Å². The van der Waals surface area contributed by atoms with Gasteiger partial charge in [0.05, 0.1) is 39.6 Å². The first-order chi connectivity index (χ1) is 32.1. The first-order valence-corrected chi connectivity index (χ1v) is 21.9. The average molecular weight is 982 g/mol. The van der Waals surface area contributed by atoms with E-state index in [4.69, 9.17) is 59.3 Å². The number of methoxy groups -OCH3 is 2. The van der Waals surface area contributed by atoms with Crippen LogP contribution in [0.2, 0.25) is 10.0 Å². The van der Waals surface area contributed by atoms with Crippen LogP contribution in [0.1, 0.15) is 58.9 Å². The van der Waals surface area contributed by atoms with Gasteiger partial charge in [-0.3, -0.25) is 9.59 Å². The number of aromatic nitrogens is 2. The highest BCUT2D eigenvalue weighted by Crippen LogP contribution is 2.25. The number of carbonyl (C=O) groups excluding carboxylic acids is 4. The highest BCUT2D eigenvalue weighted by molar-refractivity contribution is 6.67. The summed E-state index contributed by atoms with van der Waals surface area (Å²) < 4.78 is 28.7. The largest absolute Gasteiger partial charge is 0.479 e. The molecule has 67 heavy (non-hydrogen) atoms. The van der Waals surface area contributed by atoms with E-state index >= 15 is 0 Å². The lowest BCUT2D eigenvalue weighted by molar-refractivity contribution is -0.154. The summed E-state index contributed by atoms with van der Waals surface area (Å²) in [6.45, 7) is 3.75. The predicted molar refractivity (Wildman–Crippen MR) is 251 cm³/mol. The minimum atomic E-state index is -1.38. The summed E-state index contributed by atoms with van der Waals surface area (Å²) in [6, 6.07) is 32.7. The number of amides is 1. The van der Waals surface area contributed by atoms with Gasteiger partial charge >= 0.3 is 11.9 Å². The summed E-state index contributed by atoms with van der Waals surface area (Å²) in [5.74, 6) is -1.55. The molecule has 0 saturated carbocycles. The molecule has 0 unspecified atom stereocenters. The lowest BCUT2D eigenvalue weighted by atomic mass is 9.97. The van der Waals surface area contributed by atoms with Crippen LogP contribution in [0.4, 0.5) is 0 Å². The molecule has 0 saturated heterocycles. The number of aliphatic hydroxyl groups is 2. The molecule has 6 aromatic rings. The van der Waals surface area contributed by atoms with Gasteiger partial charge in [-0.25, -0.2) is 9.59 Å². The van der Waals surface area contributed by atoms with E-state index in [-0.39, 0.29) is 55.4 Å². The molecule has 2 aromatic heterocycles. The van der Waals surface area contributed by atoms with Gasteiger partial charge in [0, 0.05) is 28.5 Å². The second kappa shape index (κ2) is 27.4. The van der Waals surface area contributed by atoms with Crippen molar-refractivity contribution in [1.82, 2.24) is 15.6 Å². The fraction of sp³-hybridized carbons (Fsp3) is 0.292. The Hall–Kier alpha value is -6.27. The van der Waals surface area contributed by atoms with Gasteiger partial charge in [0.1, 0.15) is 0 Å². The fourth-order valence-electron chi connectivity index (χ4n) is 6.26. The van der Waals surface area contributed by atoms with Crippen molar-refractivity contribution in [3.63, 3.8) is 0 Å². The number of nitrogens with two attached hydrogens (primary N) is 1. The quantitative estimate of drug-likeness (QED) is 0.0446. The number of nitrogens with one attached hydrogen (secondary N) is 1. The van der Waals surface area contributed by atoms with Crippen LogP contribution in [0, 0.1) is 0 Å². The highest BCUT2D eigenvalue weighted by Gasteiger charge is 2.26. The Morgan fingerprint density at radius 1 is 0.642 bits per heavy atom. The number of rotatable bonds is 19. The zero-order chi connectivity index (χ0) is 48.9. The highest BCUT2D eigenvalue weighted by atomic mass is 35.5. The van der Waals surface area contributed by atoms with Gasteiger partial charge in [0.25, 0.3) is 22.9 Å². The second-order valence-electron chi connectivity index (χ2n) is 14.5. The zero-order valence-electron chi connectivity index (χ0n) is 37.0. The summed E-state index contributed by atoms with van der Waals surface area (Å²) in [6.07, 6.45) is -1.48. The Bertz CT molecular complexity index is 2500. The third kappa shape index (κ3) is 17.8. The number of esters is 2. The Labute approximate surface area is 402 Å². The minimum absolute atomic E-state index is 0.0153. The number of aliphatic hydroxyl groups excluding tert-OH is 2. The molecule has 0 aliphatic rings. The summed E-state index contributed by atoms with van der Waals surface area (Å²) in [5, 5.41) is 30.4. The maximum atomic E-state index is 12.6. The molecule has 1 amide bonds. The van der Waals surface area contributed by atoms with E-state index < -0.39 is 41.3 Å². The van der Waals surface area contributed by atoms with Gasteiger partial charge in [-0.05, 0) is 113 Å². The van der Waals surface area contributed by atoms with Gasteiger partial charge in [-0.1, -0.05) is 96.0 Å². The molecule has 0 radical (unpaired) electrons. The number of carbonyl (C=O) groups is 4. The van der Waals surface area contributed by atoms with Crippen molar-refractivity contribution < 1.29 is 57.4 Å². The van der Waals surface area contributed by atoms with E-state index in [0.29, 0.717) is 22.9 Å². The Morgan fingerprint density at radius 3 is 1.51 bits per heavy atom. The standard InChI is InChI=1S/C24H25ClN2O6.C19H22ClNO3.C5H4ClNO3/c1-3-32-24(30)20(28)13-19(26-23(29)21-14-22(31-2)27-33-21)11-15-7-9-16(10-8-15)17-5-4-6-18(25)12-17;1-2-24-19(23)18(22)12-17(21)10-13-6-8-14(9-7-13)15-4-3-5-16(20)11-15;1-9-4-2-3(5(6)8)10-7-4/h4-10,12,14,19-20,28H,3,11,13H2,1-2H3,(H,26,29);3-9,11,17-18,22H,2,10,12,21H2,1H3;2H,1H3/t19-,20-;17-,18-;/m11./s1. The van der Waals surface area contributed by atoms with Crippen LogP contribution in [0.3, 0.4) is 0 Å². The van der Waals surface area contributed by atoms with Gasteiger partial charge in [-0.15, -0.1) is 0 Å².